The summed E-state index contributed by atoms with van der Waals surface area (Å²) in [6.07, 6.45) is 2.03. The molecule has 0 spiro atoms. The minimum Gasteiger partial charge on any atom is -0.361 e. The number of aromatic nitrogens is 2. The zero-order valence-corrected chi connectivity index (χ0v) is 15.3. The van der Waals surface area contributed by atoms with Crippen molar-refractivity contribution in [3.63, 3.8) is 0 Å². The van der Waals surface area contributed by atoms with Crippen molar-refractivity contribution >= 4 is 16.8 Å². The number of hydrogen-bond donors (Lipinski definition) is 2. The lowest BCUT2D eigenvalue weighted by atomic mass is 9.91. The third-order valence-corrected chi connectivity index (χ3v) is 4.93. The van der Waals surface area contributed by atoms with Gasteiger partial charge in [-0.2, -0.15) is 0 Å². The SMILES string of the molecule is Cc1noc(C)c1C(=O)NCC(c1ccccc1)c1c[nH]c2ccccc12. The van der Waals surface area contributed by atoms with Crippen LogP contribution in [0.1, 0.15) is 38.9 Å². The normalized spacial score (nSPS) is 12.2. The van der Waals surface area contributed by atoms with Gasteiger partial charge in [0.25, 0.3) is 5.91 Å². The molecule has 0 aliphatic heterocycles. The monoisotopic (exact) mass is 359 g/mol. The van der Waals surface area contributed by atoms with Gasteiger partial charge in [-0.3, -0.25) is 4.79 Å². The molecule has 4 rings (SSSR count). The van der Waals surface area contributed by atoms with Crippen molar-refractivity contribution in [1.29, 1.82) is 0 Å². The van der Waals surface area contributed by atoms with Crippen molar-refractivity contribution in [1.82, 2.24) is 15.5 Å². The first kappa shape index (κ1) is 17.1. The number of rotatable bonds is 5. The molecule has 0 bridgehead atoms. The van der Waals surface area contributed by atoms with Gasteiger partial charge in [-0.25, -0.2) is 0 Å². The van der Waals surface area contributed by atoms with E-state index in [2.05, 4.69) is 39.7 Å². The topological polar surface area (TPSA) is 70.9 Å². The second-order valence-electron chi connectivity index (χ2n) is 6.66. The maximum absolute atomic E-state index is 12.7. The molecule has 0 fully saturated rings. The summed E-state index contributed by atoms with van der Waals surface area (Å²) in [6.45, 7) is 4.01. The van der Waals surface area contributed by atoms with Gasteiger partial charge in [0.15, 0.2) is 0 Å². The minimum absolute atomic E-state index is 0.0340. The molecule has 136 valence electrons. The molecule has 27 heavy (non-hydrogen) atoms. The summed E-state index contributed by atoms with van der Waals surface area (Å²) in [5, 5.41) is 8.10. The first-order valence-corrected chi connectivity index (χ1v) is 8.97. The Morgan fingerprint density at radius 1 is 1.11 bits per heavy atom. The van der Waals surface area contributed by atoms with Crippen LogP contribution in [0, 0.1) is 13.8 Å². The van der Waals surface area contributed by atoms with E-state index >= 15 is 0 Å². The smallest absolute Gasteiger partial charge is 0.256 e. The average molecular weight is 359 g/mol. The summed E-state index contributed by atoms with van der Waals surface area (Å²) in [5.74, 6) is 0.409. The Labute approximate surface area is 157 Å². The van der Waals surface area contributed by atoms with Crippen LogP contribution < -0.4 is 5.32 Å². The van der Waals surface area contributed by atoms with Gasteiger partial charge < -0.3 is 14.8 Å². The molecule has 0 saturated heterocycles. The van der Waals surface area contributed by atoms with Crippen molar-refractivity contribution in [2.75, 3.05) is 6.54 Å². The van der Waals surface area contributed by atoms with Gasteiger partial charge in [-0.15, -0.1) is 0 Å². The first-order chi connectivity index (χ1) is 13.1. The molecule has 0 saturated carbocycles. The van der Waals surface area contributed by atoms with Gasteiger partial charge in [-0.1, -0.05) is 53.7 Å². The molecular formula is C22H21N3O2. The highest BCUT2D eigenvalue weighted by molar-refractivity contribution is 5.96. The highest BCUT2D eigenvalue weighted by Crippen LogP contribution is 2.30. The Morgan fingerprint density at radius 2 is 1.85 bits per heavy atom. The lowest BCUT2D eigenvalue weighted by Crippen LogP contribution is -2.29. The van der Waals surface area contributed by atoms with Crippen molar-refractivity contribution in [3.05, 3.63) is 88.9 Å². The number of fused-ring (bicyclic) bond motifs is 1. The van der Waals surface area contributed by atoms with Crippen molar-refractivity contribution in [2.24, 2.45) is 0 Å². The fourth-order valence-corrected chi connectivity index (χ4v) is 3.57. The molecule has 1 unspecified atom stereocenters. The third-order valence-electron chi connectivity index (χ3n) is 4.93. The van der Waals surface area contributed by atoms with E-state index in [1.807, 2.05) is 36.5 Å². The van der Waals surface area contributed by atoms with E-state index in [0.29, 0.717) is 23.6 Å². The van der Waals surface area contributed by atoms with E-state index in [0.717, 1.165) is 22.0 Å². The number of hydrogen-bond acceptors (Lipinski definition) is 3. The summed E-state index contributed by atoms with van der Waals surface area (Å²) in [5.41, 5.74) is 4.52. The van der Waals surface area contributed by atoms with Crippen LogP contribution in [0.25, 0.3) is 10.9 Å². The van der Waals surface area contributed by atoms with Crippen molar-refractivity contribution < 1.29 is 9.32 Å². The van der Waals surface area contributed by atoms with Crippen LogP contribution in [0.5, 0.6) is 0 Å². The predicted octanol–water partition coefficient (Wildman–Crippen LogP) is 4.33. The predicted molar refractivity (Wildman–Crippen MR) is 105 cm³/mol. The average Bonchev–Trinajstić information content (AvgIpc) is 3.26. The molecule has 4 aromatic rings. The minimum atomic E-state index is -0.160. The Morgan fingerprint density at radius 3 is 2.59 bits per heavy atom. The van der Waals surface area contributed by atoms with Crippen LogP contribution in [0.2, 0.25) is 0 Å². The lowest BCUT2D eigenvalue weighted by molar-refractivity contribution is 0.0950. The standard InChI is InChI=1S/C22H21N3O2/c1-14-21(15(2)27-25-14)22(26)24-12-18(16-8-4-3-5-9-16)19-13-23-20-11-7-6-10-17(19)20/h3-11,13,18,23H,12H2,1-2H3,(H,24,26). The number of aromatic amines is 1. The van der Waals surface area contributed by atoms with Gasteiger partial charge in [0.05, 0.1) is 5.69 Å². The van der Waals surface area contributed by atoms with Crippen LogP contribution in [-0.4, -0.2) is 22.6 Å². The zero-order valence-electron chi connectivity index (χ0n) is 15.3. The van der Waals surface area contributed by atoms with Gasteiger partial charge in [0, 0.05) is 29.6 Å². The molecular weight excluding hydrogens is 338 g/mol. The molecule has 1 atom stereocenters. The molecule has 2 aromatic heterocycles. The van der Waals surface area contributed by atoms with E-state index in [1.54, 1.807) is 13.8 Å². The summed E-state index contributed by atoms with van der Waals surface area (Å²) < 4.78 is 5.12. The molecule has 0 aliphatic carbocycles. The Balaban J connectivity index is 1.66. The van der Waals surface area contributed by atoms with Crippen LogP contribution >= 0.6 is 0 Å². The quantitative estimate of drug-likeness (QED) is 0.557. The van der Waals surface area contributed by atoms with Crippen LogP contribution in [-0.2, 0) is 0 Å². The zero-order chi connectivity index (χ0) is 18.8. The van der Waals surface area contributed by atoms with Gasteiger partial charge in [-0.05, 0) is 31.0 Å². The fraction of sp³-hybridized carbons (Fsp3) is 0.182. The third kappa shape index (κ3) is 3.24. The molecule has 0 aliphatic rings. The van der Waals surface area contributed by atoms with Gasteiger partial charge >= 0.3 is 0 Å². The summed E-state index contributed by atoms with van der Waals surface area (Å²) >= 11 is 0. The van der Waals surface area contributed by atoms with Crippen LogP contribution in [0.4, 0.5) is 0 Å². The van der Waals surface area contributed by atoms with Crippen LogP contribution in [0.3, 0.4) is 0 Å². The number of benzene rings is 2. The molecule has 5 nitrogen and oxygen atoms in total. The van der Waals surface area contributed by atoms with Crippen molar-refractivity contribution in [2.45, 2.75) is 19.8 Å². The number of H-pyrrole nitrogens is 1. The number of amides is 1. The molecule has 2 N–H and O–H groups in total. The highest BCUT2D eigenvalue weighted by Gasteiger charge is 2.22. The molecule has 2 heterocycles. The highest BCUT2D eigenvalue weighted by atomic mass is 16.5. The van der Waals surface area contributed by atoms with E-state index in [9.17, 15) is 4.79 Å². The number of nitrogens with zero attached hydrogens (tertiary/aromatic N) is 1. The summed E-state index contributed by atoms with van der Waals surface area (Å²) in [6, 6.07) is 18.4. The van der Waals surface area contributed by atoms with Gasteiger partial charge in [0.1, 0.15) is 11.3 Å². The lowest BCUT2D eigenvalue weighted by Gasteiger charge is -2.18. The second kappa shape index (κ2) is 7.11. The number of nitrogens with one attached hydrogen (secondary N) is 2. The number of para-hydroxylation sites is 1. The van der Waals surface area contributed by atoms with E-state index in [1.165, 1.54) is 0 Å². The van der Waals surface area contributed by atoms with E-state index < -0.39 is 0 Å². The maximum atomic E-state index is 12.7. The molecule has 2 aromatic carbocycles. The maximum Gasteiger partial charge on any atom is 0.256 e. The molecule has 0 radical (unpaired) electrons. The van der Waals surface area contributed by atoms with E-state index in [-0.39, 0.29) is 11.8 Å². The summed E-state index contributed by atoms with van der Waals surface area (Å²) in [7, 11) is 0. The summed E-state index contributed by atoms with van der Waals surface area (Å²) in [4.78, 5) is 16.0. The Hall–Kier alpha value is -3.34. The van der Waals surface area contributed by atoms with E-state index in [4.69, 9.17) is 4.52 Å². The van der Waals surface area contributed by atoms with Crippen LogP contribution in [0.15, 0.2) is 65.3 Å². The Bertz CT molecular complexity index is 1060. The van der Waals surface area contributed by atoms with Crippen molar-refractivity contribution in [3.8, 4) is 0 Å². The molecule has 5 heteroatoms. The number of carbonyl (C=O) groups excluding carboxylic acids is 1. The fourth-order valence-electron chi connectivity index (χ4n) is 3.57. The number of aryl methyl sites for hydroxylation is 2. The Kier molecular flexibility index (Phi) is 4.50. The second-order valence-corrected chi connectivity index (χ2v) is 6.66. The largest absolute Gasteiger partial charge is 0.361 e. The number of carbonyl (C=O) groups is 1. The first-order valence-electron chi connectivity index (χ1n) is 8.97. The molecule has 1 amide bonds. The van der Waals surface area contributed by atoms with Gasteiger partial charge in [0.2, 0.25) is 0 Å².